The summed E-state index contributed by atoms with van der Waals surface area (Å²) in [6, 6.07) is 14.8. The third kappa shape index (κ3) is 8.95. The van der Waals surface area contributed by atoms with E-state index in [4.69, 9.17) is 14.9 Å². The minimum atomic E-state index is -0.744. The third-order valence-electron chi connectivity index (χ3n) is 3.13. The number of ether oxygens (including phenoxy) is 1. The van der Waals surface area contributed by atoms with E-state index >= 15 is 0 Å². The molecule has 0 radical (unpaired) electrons. The summed E-state index contributed by atoms with van der Waals surface area (Å²) >= 11 is 4.37. The maximum Gasteiger partial charge on any atom is 0.302 e. The Morgan fingerprint density at radius 1 is 0.920 bits per heavy atom. The molecule has 2 rings (SSSR count). The van der Waals surface area contributed by atoms with Crippen LogP contribution < -0.4 is 0 Å². The molecule has 3 N–H and O–H groups in total. The summed E-state index contributed by atoms with van der Waals surface area (Å²) in [5, 5.41) is 27.4. The molecule has 0 aromatic heterocycles. The Labute approximate surface area is 174 Å². The van der Waals surface area contributed by atoms with E-state index in [1.165, 1.54) is 6.92 Å². The summed E-state index contributed by atoms with van der Waals surface area (Å²) in [5.74, 6) is -0.380. The second kappa shape index (κ2) is 11.8. The predicted molar refractivity (Wildman–Crippen MR) is 112 cm³/mol. The molecular weight excluding hydrogens is 550 g/mol. The quantitative estimate of drug-likeness (QED) is 0.380. The molecule has 0 amide bonds. The van der Waals surface area contributed by atoms with Crippen molar-refractivity contribution in [2.45, 2.75) is 19.1 Å². The van der Waals surface area contributed by atoms with Crippen LogP contribution >= 0.6 is 45.2 Å². The highest BCUT2D eigenvalue weighted by Gasteiger charge is 2.08. The molecule has 2 atom stereocenters. The van der Waals surface area contributed by atoms with E-state index in [9.17, 15) is 9.90 Å². The van der Waals surface area contributed by atoms with Crippen molar-refractivity contribution >= 4 is 51.2 Å². The number of hydrogen-bond acceptors (Lipinski definition) is 5. The van der Waals surface area contributed by atoms with Crippen molar-refractivity contribution in [1.29, 1.82) is 0 Å². The van der Waals surface area contributed by atoms with Crippen LogP contribution in [0.15, 0.2) is 48.5 Å². The van der Waals surface area contributed by atoms with E-state index in [0.717, 1.165) is 18.3 Å². The molecule has 0 heterocycles. The zero-order valence-electron chi connectivity index (χ0n) is 13.6. The van der Waals surface area contributed by atoms with Crippen molar-refractivity contribution in [2.24, 2.45) is 0 Å². The molecule has 0 fully saturated rings. The summed E-state index contributed by atoms with van der Waals surface area (Å²) in [6.07, 6.45) is -1.48. The summed E-state index contributed by atoms with van der Waals surface area (Å²) in [4.78, 5) is 10.5. The van der Waals surface area contributed by atoms with Gasteiger partial charge < -0.3 is 20.1 Å². The molecule has 0 bridgehead atoms. The van der Waals surface area contributed by atoms with E-state index in [1.807, 2.05) is 48.5 Å². The number of hydrogen-bond donors (Lipinski definition) is 3. The SMILES string of the molecule is CC(=O)OC[C@@H](O)c1ccc(I)cc1.OC[C@@H](O)c1ccc(I)cc1. The van der Waals surface area contributed by atoms with Gasteiger partial charge in [0.2, 0.25) is 0 Å². The van der Waals surface area contributed by atoms with E-state index in [1.54, 1.807) is 0 Å². The molecule has 2 aromatic rings. The minimum Gasteiger partial charge on any atom is -0.463 e. The van der Waals surface area contributed by atoms with Gasteiger partial charge in [-0.15, -0.1) is 0 Å². The first kappa shape index (κ1) is 22.3. The average Bonchev–Trinajstić information content (AvgIpc) is 2.60. The third-order valence-corrected chi connectivity index (χ3v) is 4.57. The van der Waals surface area contributed by atoms with Crippen LogP contribution in [0.25, 0.3) is 0 Å². The van der Waals surface area contributed by atoms with Gasteiger partial charge >= 0.3 is 5.97 Å². The van der Waals surface area contributed by atoms with Crippen LogP contribution in [0.4, 0.5) is 0 Å². The predicted octanol–water partition coefficient (Wildman–Crippen LogP) is 3.20. The van der Waals surface area contributed by atoms with Crippen molar-refractivity contribution in [3.63, 3.8) is 0 Å². The van der Waals surface area contributed by atoms with Crippen LogP contribution in [-0.2, 0) is 9.53 Å². The second-order valence-electron chi connectivity index (χ2n) is 5.12. The number of carbonyl (C=O) groups excluding carboxylic acids is 1. The van der Waals surface area contributed by atoms with E-state index in [0.29, 0.717) is 0 Å². The first-order valence-corrected chi connectivity index (χ1v) is 9.60. The maximum atomic E-state index is 10.5. The first-order valence-electron chi connectivity index (χ1n) is 7.44. The normalized spacial score (nSPS) is 12.6. The number of esters is 1. The van der Waals surface area contributed by atoms with E-state index in [2.05, 4.69) is 45.2 Å². The Hall–Kier alpha value is -0.750. The van der Waals surface area contributed by atoms with Gasteiger partial charge in [-0.25, -0.2) is 0 Å². The molecule has 0 aliphatic heterocycles. The Balaban J connectivity index is 0.000000257. The highest BCUT2D eigenvalue weighted by molar-refractivity contribution is 14.1. The number of halogens is 2. The monoisotopic (exact) mass is 570 g/mol. The maximum absolute atomic E-state index is 10.5. The molecule has 0 aliphatic carbocycles. The van der Waals surface area contributed by atoms with Crippen molar-refractivity contribution < 1.29 is 24.9 Å². The van der Waals surface area contributed by atoms with E-state index < -0.39 is 12.2 Å². The molecule has 7 heteroatoms. The standard InChI is InChI=1S/C10H11IO3.C8H9IO2/c1-7(12)14-6-10(13)8-2-4-9(11)5-3-8;9-7-3-1-6(2-4-7)8(11)5-10/h2-5,10,13H,6H2,1H3;1-4,8,10-11H,5H2/t10-;8-/m11/s1. The lowest BCUT2D eigenvalue weighted by Crippen LogP contribution is -2.09. The molecule has 0 unspecified atom stereocenters. The van der Waals surface area contributed by atoms with Crippen molar-refractivity contribution in [2.75, 3.05) is 13.2 Å². The van der Waals surface area contributed by atoms with E-state index in [-0.39, 0.29) is 19.2 Å². The zero-order chi connectivity index (χ0) is 18.8. The van der Waals surface area contributed by atoms with Crippen LogP contribution in [0, 0.1) is 7.14 Å². The molecule has 0 saturated heterocycles. The smallest absolute Gasteiger partial charge is 0.302 e. The van der Waals surface area contributed by atoms with Crippen molar-refractivity contribution in [1.82, 2.24) is 0 Å². The molecule has 0 saturated carbocycles. The fourth-order valence-electron chi connectivity index (χ4n) is 1.77. The molecular formula is C18H20I2O5. The number of aliphatic hydroxyl groups excluding tert-OH is 3. The lowest BCUT2D eigenvalue weighted by atomic mass is 10.1. The van der Waals surface area contributed by atoms with Crippen LogP contribution in [0.5, 0.6) is 0 Å². The fraction of sp³-hybridized carbons (Fsp3) is 0.278. The lowest BCUT2D eigenvalue weighted by molar-refractivity contribution is -0.144. The van der Waals surface area contributed by atoms with Gasteiger partial charge in [0.15, 0.2) is 0 Å². The summed E-state index contributed by atoms with van der Waals surface area (Å²) in [7, 11) is 0. The van der Waals surface area contributed by atoms with Gasteiger partial charge in [-0.05, 0) is 80.6 Å². The molecule has 2 aromatic carbocycles. The first-order chi connectivity index (χ1) is 11.8. The molecule has 0 spiro atoms. The molecule has 136 valence electrons. The molecule has 0 aliphatic rings. The fourth-order valence-corrected chi connectivity index (χ4v) is 2.49. The molecule has 5 nitrogen and oxygen atoms in total. The number of rotatable bonds is 5. The minimum absolute atomic E-state index is 0.00985. The average molecular weight is 570 g/mol. The topological polar surface area (TPSA) is 87.0 Å². The van der Waals surface area contributed by atoms with Gasteiger partial charge in [0, 0.05) is 14.1 Å². The Bertz CT molecular complexity index is 644. The molecule has 25 heavy (non-hydrogen) atoms. The lowest BCUT2D eigenvalue weighted by Gasteiger charge is -2.10. The Morgan fingerprint density at radius 2 is 1.32 bits per heavy atom. The summed E-state index contributed by atoms with van der Waals surface area (Å²) in [5.41, 5.74) is 1.51. The van der Waals surface area contributed by atoms with Gasteiger partial charge in [0.25, 0.3) is 0 Å². The van der Waals surface area contributed by atoms with Gasteiger partial charge in [-0.3, -0.25) is 4.79 Å². The zero-order valence-corrected chi connectivity index (χ0v) is 17.9. The van der Waals surface area contributed by atoms with Crippen LogP contribution in [0.2, 0.25) is 0 Å². The Kier molecular flexibility index (Phi) is 10.5. The number of aliphatic hydroxyl groups is 3. The van der Waals surface area contributed by atoms with Gasteiger partial charge in [0.05, 0.1) is 6.61 Å². The highest BCUT2D eigenvalue weighted by atomic mass is 127. The Morgan fingerprint density at radius 3 is 1.68 bits per heavy atom. The summed E-state index contributed by atoms with van der Waals surface area (Å²) in [6.45, 7) is 1.11. The largest absolute Gasteiger partial charge is 0.463 e. The number of benzene rings is 2. The highest BCUT2D eigenvalue weighted by Crippen LogP contribution is 2.15. The van der Waals surface area contributed by atoms with Crippen molar-refractivity contribution in [3.05, 3.63) is 66.8 Å². The second-order valence-corrected chi connectivity index (χ2v) is 7.61. The van der Waals surface area contributed by atoms with Gasteiger partial charge in [-0.2, -0.15) is 0 Å². The van der Waals surface area contributed by atoms with Crippen molar-refractivity contribution in [3.8, 4) is 0 Å². The van der Waals surface area contributed by atoms with Gasteiger partial charge in [-0.1, -0.05) is 24.3 Å². The summed E-state index contributed by atoms with van der Waals surface area (Å²) < 4.78 is 6.92. The number of carbonyl (C=O) groups is 1. The van der Waals surface area contributed by atoms with Crippen LogP contribution in [-0.4, -0.2) is 34.5 Å². The van der Waals surface area contributed by atoms with Crippen LogP contribution in [0.1, 0.15) is 30.3 Å². The van der Waals surface area contributed by atoms with Gasteiger partial charge in [0.1, 0.15) is 18.8 Å². The van der Waals surface area contributed by atoms with Crippen LogP contribution in [0.3, 0.4) is 0 Å².